The molecule has 1 nitrogen and oxygen atoms in total. The molecule has 0 unspecified atom stereocenters. The van der Waals surface area contributed by atoms with Gasteiger partial charge in [-0.1, -0.05) is 115 Å². The molecule has 1 aliphatic heterocycles. The molecule has 0 N–H and O–H groups in total. The molecule has 1 aliphatic rings. The van der Waals surface area contributed by atoms with Gasteiger partial charge in [-0.05, 0) is 115 Å². The predicted molar refractivity (Wildman–Crippen MR) is 195 cm³/mol. The smallest absolute Gasteiger partial charge is 0.136 e. The lowest BCUT2D eigenvalue weighted by atomic mass is 9.90. The minimum absolute atomic E-state index is 0.909. The van der Waals surface area contributed by atoms with Crippen molar-refractivity contribution in [2.75, 3.05) is 0 Å². The van der Waals surface area contributed by atoms with E-state index in [-0.39, 0.29) is 0 Å². The number of rotatable bonds is 3. The van der Waals surface area contributed by atoms with Gasteiger partial charge in [-0.25, -0.2) is 0 Å². The van der Waals surface area contributed by atoms with Gasteiger partial charge in [-0.15, -0.1) is 0 Å². The summed E-state index contributed by atoms with van der Waals surface area (Å²) in [4.78, 5) is 2.63. The first-order valence-corrected chi connectivity index (χ1v) is 16.5. The molecule has 0 atom stereocenters. The minimum Gasteiger partial charge on any atom is -0.456 e. The second-order valence-corrected chi connectivity index (χ2v) is 13.2. The topological polar surface area (TPSA) is 13.1 Å². The average molecular weight is 603 g/mol. The van der Waals surface area contributed by atoms with Crippen molar-refractivity contribution in [3.8, 4) is 44.5 Å². The fraction of sp³-hybridized carbons (Fsp3) is 0. The highest BCUT2D eigenvalue weighted by Gasteiger charge is 2.20. The van der Waals surface area contributed by atoms with E-state index in [4.69, 9.17) is 4.42 Å². The van der Waals surface area contributed by atoms with E-state index in [1.807, 2.05) is 11.8 Å². The molecule has 0 spiro atoms. The van der Waals surface area contributed by atoms with E-state index in [9.17, 15) is 0 Å². The maximum absolute atomic E-state index is 6.47. The zero-order chi connectivity index (χ0) is 30.2. The Balaban J connectivity index is 1.21. The van der Waals surface area contributed by atoms with Crippen molar-refractivity contribution in [1.82, 2.24) is 0 Å². The average Bonchev–Trinajstić information content (AvgIpc) is 3.48. The number of furan rings is 1. The summed E-state index contributed by atoms with van der Waals surface area (Å²) in [5.74, 6) is 0. The van der Waals surface area contributed by atoms with Crippen LogP contribution in [-0.2, 0) is 0 Å². The van der Waals surface area contributed by atoms with Gasteiger partial charge in [0.05, 0.1) is 0 Å². The molecule has 2 heteroatoms. The second kappa shape index (κ2) is 9.97. The molecule has 2 heterocycles. The fourth-order valence-corrected chi connectivity index (χ4v) is 8.37. The van der Waals surface area contributed by atoms with Crippen LogP contribution in [0.25, 0.3) is 88.0 Å². The van der Waals surface area contributed by atoms with Gasteiger partial charge in [0.1, 0.15) is 11.2 Å². The van der Waals surface area contributed by atoms with Gasteiger partial charge < -0.3 is 4.42 Å². The lowest BCUT2D eigenvalue weighted by Crippen LogP contribution is -1.94. The highest BCUT2D eigenvalue weighted by atomic mass is 32.2. The summed E-state index contributed by atoms with van der Waals surface area (Å²) in [5, 5.41) is 7.35. The van der Waals surface area contributed by atoms with E-state index in [2.05, 4.69) is 158 Å². The van der Waals surface area contributed by atoms with Gasteiger partial charge >= 0.3 is 0 Å². The first-order chi connectivity index (χ1) is 22.8. The lowest BCUT2D eigenvalue weighted by Gasteiger charge is -2.21. The molecule has 1 aromatic heterocycles. The quantitative estimate of drug-likeness (QED) is 0.200. The summed E-state index contributed by atoms with van der Waals surface area (Å²) >= 11 is 1.87. The lowest BCUT2D eigenvalue weighted by molar-refractivity contribution is 0.669. The van der Waals surface area contributed by atoms with Gasteiger partial charge in [-0.3, -0.25) is 0 Å². The summed E-state index contributed by atoms with van der Waals surface area (Å²) < 4.78 is 6.47. The number of hydrogen-bond donors (Lipinski definition) is 0. The Morgan fingerprint density at radius 2 is 1.04 bits per heavy atom. The Kier molecular flexibility index (Phi) is 5.58. The Labute approximate surface area is 270 Å². The monoisotopic (exact) mass is 602 g/mol. The van der Waals surface area contributed by atoms with Crippen LogP contribution in [0.1, 0.15) is 0 Å². The van der Waals surface area contributed by atoms with Crippen LogP contribution >= 0.6 is 11.8 Å². The molecular formula is C44H26OS. The fourth-order valence-electron chi connectivity index (χ4n) is 7.24. The molecule has 10 rings (SSSR count). The van der Waals surface area contributed by atoms with Gasteiger partial charge in [-0.2, -0.15) is 0 Å². The van der Waals surface area contributed by atoms with Gasteiger partial charge in [0.2, 0.25) is 0 Å². The first kappa shape index (κ1) is 25.7. The highest BCUT2D eigenvalue weighted by molar-refractivity contribution is 7.99. The van der Waals surface area contributed by atoms with E-state index in [0.717, 1.165) is 21.9 Å². The molecule has 0 amide bonds. The van der Waals surface area contributed by atoms with E-state index in [0.29, 0.717) is 0 Å². The largest absolute Gasteiger partial charge is 0.456 e. The van der Waals surface area contributed by atoms with Crippen molar-refractivity contribution >= 4 is 55.2 Å². The standard InChI is InChI=1S/C44H26OS/c1-2-9-27(10-3-1)32-21-33(31-19-20-41-37(24-31)36-16-6-13-28-14-7-18-42(46-41)43(28)36)23-34(22-32)35-15-8-17-39-44(35)38-25-29-11-4-5-12-30(29)26-40(38)45-39/h1-26H. The van der Waals surface area contributed by atoms with E-state index in [1.54, 1.807) is 0 Å². The highest BCUT2D eigenvalue weighted by Crippen LogP contribution is 2.49. The molecule has 214 valence electrons. The molecule has 0 saturated heterocycles. The molecule has 0 bridgehead atoms. The zero-order valence-electron chi connectivity index (χ0n) is 24.8. The van der Waals surface area contributed by atoms with Gasteiger partial charge in [0.25, 0.3) is 0 Å². The van der Waals surface area contributed by atoms with Crippen molar-refractivity contribution in [1.29, 1.82) is 0 Å². The minimum atomic E-state index is 0.909. The number of fused-ring (bicyclic) bond motifs is 6. The van der Waals surface area contributed by atoms with Crippen LogP contribution in [0, 0.1) is 0 Å². The first-order valence-electron chi connectivity index (χ1n) is 15.7. The summed E-state index contributed by atoms with van der Waals surface area (Å²) in [6.45, 7) is 0. The van der Waals surface area contributed by atoms with Crippen LogP contribution in [-0.4, -0.2) is 0 Å². The van der Waals surface area contributed by atoms with Crippen molar-refractivity contribution in [2.45, 2.75) is 9.79 Å². The van der Waals surface area contributed by atoms with Gasteiger partial charge in [0, 0.05) is 25.9 Å². The SMILES string of the molecule is c1ccc(-c2cc(-c3ccc4c(c3)-c3cccc5cccc(c35)S4)cc(-c3cccc4oc5cc6ccccc6cc5c34)c2)cc1. The summed E-state index contributed by atoms with van der Waals surface area (Å²) in [7, 11) is 0. The normalized spacial score (nSPS) is 12.3. The van der Waals surface area contributed by atoms with Crippen molar-refractivity contribution in [2.24, 2.45) is 0 Å². The van der Waals surface area contributed by atoms with E-state index in [1.165, 1.54) is 75.8 Å². The maximum Gasteiger partial charge on any atom is 0.136 e. The predicted octanol–water partition coefficient (Wildman–Crippen LogP) is 13.0. The van der Waals surface area contributed by atoms with Gasteiger partial charge in [0.15, 0.2) is 0 Å². The zero-order valence-corrected chi connectivity index (χ0v) is 25.6. The van der Waals surface area contributed by atoms with Crippen LogP contribution < -0.4 is 0 Å². The Morgan fingerprint density at radius 1 is 0.348 bits per heavy atom. The van der Waals surface area contributed by atoms with Crippen LogP contribution in [0.2, 0.25) is 0 Å². The Bertz CT molecular complexity index is 2660. The van der Waals surface area contributed by atoms with Crippen LogP contribution in [0.4, 0.5) is 0 Å². The summed E-state index contributed by atoms with van der Waals surface area (Å²) in [5.41, 5.74) is 11.6. The third-order valence-corrected chi connectivity index (χ3v) is 10.5. The van der Waals surface area contributed by atoms with Crippen LogP contribution in [0.15, 0.2) is 172 Å². The van der Waals surface area contributed by atoms with Crippen molar-refractivity contribution in [3.05, 3.63) is 158 Å². The molecule has 0 aliphatic carbocycles. The molecule has 0 fully saturated rings. The van der Waals surface area contributed by atoms with Crippen LogP contribution in [0.3, 0.4) is 0 Å². The van der Waals surface area contributed by atoms with Crippen LogP contribution in [0.5, 0.6) is 0 Å². The maximum atomic E-state index is 6.47. The molecule has 0 saturated carbocycles. The Hall–Kier alpha value is -5.57. The third-order valence-electron chi connectivity index (χ3n) is 9.40. The van der Waals surface area contributed by atoms with Crippen molar-refractivity contribution < 1.29 is 4.42 Å². The molecular weight excluding hydrogens is 577 g/mol. The van der Waals surface area contributed by atoms with E-state index < -0.39 is 0 Å². The number of hydrogen-bond acceptors (Lipinski definition) is 2. The summed E-state index contributed by atoms with van der Waals surface area (Å²) in [6.07, 6.45) is 0. The molecule has 46 heavy (non-hydrogen) atoms. The Morgan fingerprint density at radius 3 is 1.91 bits per heavy atom. The third kappa shape index (κ3) is 3.97. The molecule has 8 aromatic carbocycles. The number of benzene rings is 8. The molecule has 0 radical (unpaired) electrons. The second-order valence-electron chi connectivity index (χ2n) is 12.1. The van der Waals surface area contributed by atoms with E-state index >= 15 is 0 Å². The van der Waals surface area contributed by atoms with Crippen molar-refractivity contribution in [3.63, 3.8) is 0 Å². The summed E-state index contributed by atoms with van der Waals surface area (Å²) in [6, 6.07) is 57.4. The molecule has 9 aromatic rings.